The number of methoxy groups -OCH3 is 3. The zero-order valence-electron chi connectivity index (χ0n) is 24.9. The van der Waals surface area contributed by atoms with Crippen LogP contribution in [0, 0.1) is 0 Å². The lowest BCUT2D eigenvalue weighted by atomic mass is 9.92. The van der Waals surface area contributed by atoms with Crippen LogP contribution < -0.4 is 5.73 Å². The normalized spacial score (nSPS) is 14.5. The largest absolute Gasteiger partial charge is 0.501 e. The molecule has 236 valence electrons. The standard InChI is InChI=1S/C26H51NO12Si/c1-8-24(29)33-22-23(28)21-25(9-2,39-40(37-10-3,38-11-4)20-12-13-27)26(34-17-14-30-5,35-18-15-31-6)36-19-16-32-7/h8-9,23,28H,1-2,10-22,27H2,3-7H3. The molecule has 0 bridgehead atoms. The van der Waals surface area contributed by atoms with E-state index in [-0.39, 0.29) is 65.9 Å². The second-order valence-corrected chi connectivity index (χ2v) is 11.1. The lowest BCUT2D eigenvalue weighted by molar-refractivity contribution is -0.436. The van der Waals surface area contributed by atoms with E-state index in [4.69, 9.17) is 52.2 Å². The first-order valence-corrected chi connectivity index (χ1v) is 15.3. The van der Waals surface area contributed by atoms with Crippen LogP contribution in [-0.2, 0) is 51.2 Å². The number of esters is 1. The van der Waals surface area contributed by atoms with Crippen LogP contribution in [0.4, 0.5) is 0 Å². The number of hydrogen-bond donors (Lipinski definition) is 2. The summed E-state index contributed by atoms with van der Waals surface area (Å²) in [7, 11) is 0.997. The fourth-order valence-electron chi connectivity index (χ4n) is 3.73. The highest BCUT2D eigenvalue weighted by Gasteiger charge is 2.61. The maximum Gasteiger partial charge on any atom is 0.501 e. The summed E-state index contributed by atoms with van der Waals surface area (Å²) in [4.78, 5) is 11.7. The van der Waals surface area contributed by atoms with Gasteiger partial charge >= 0.3 is 20.7 Å². The molecule has 0 aliphatic heterocycles. The molecule has 0 aromatic rings. The van der Waals surface area contributed by atoms with Gasteiger partial charge in [-0.2, -0.15) is 0 Å². The molecular weight excluding hydrogens is 546 g/mol. The maximum atomic E-state index is 11.7. The summed E-state index contributed by atoms with van der Waals surface area (Å²) in [6.07, 6.45) is 1.41. The van der Waals surface area contributed by atoms with Crippen molar-refractivity contribution in [1.29, 1.82) is 0 Å². The van der Waals surface area contributed by atoms with E-state index in [1.165, 1.54) is 27.4 Å². The molecule has 0 rings (SSSR count). The van der Waals surface area contributed by atoms with Crippen LogP contribution in [0.25, 0.3) is 0 Å². The van der Waals surface area contributed by atoms with Crippen LogP contribution in [-0.4, -0.2) is 125 Å². The van der Waals surface area contributed by atoms with Crippen LogP contribution in [0.1, 0.15) is 26.7 Å². The Bertz CT molecular complexity index is 654. The van der Waals surface area contributed by atoms with Crippen molar-refractivity contribution in [3.63, 3.8) is 0 Å². The van der Waals surface area contributed by atoms with Gasteiger partial charge in [-0.3, -0.25) is 0 Å². The summed E-state index contributed by atoms with van der Waals surface area (Å²) in [5, 5.41) is 11.1. The van der Waals surface area contributed by atoms with Crippen molar-refractivity contribution >= 4 is 14.8 Å². The molecule has 0 saturated heterocycles. The number of ether oxygens (including phenoxy) is 7. The highest BCUT2D eigenvalue weighted by atomic mass is 28.4. The second kappa shape index (κ2) is 22.3. The van der Waals surface area contributed by atoms with Crippen molar-refractivity contribution in [1.82, 2.24) is 0 Å². The minimum Gasteiger partial charge on any atom is -0.460 e. The summed E-state index contributed by atoms with van der Waals surface area (Å²) < 4.78 is 58.6. The SMILES string of the molecule is C=CC(=O)OCC(O)CC(C=C)(O[Si](CCCN)(OCC)OCC)C(OCCOC)(OCCOC)OCCOC. The van der Waals surface area contributed by atoms with Gasteiger partial charge in [0.05, 0.1) is 45.7 Å². The number of nitrogens with two attached hydrogens (primary N) is 1. The van der Waals surface area contributed by atoms with E-state index >= 15 is 0 Å². The van der Waals surface area contributed by atoms with E-state index in [0.29, 0.717) is 19.0 Å². The molecule has 3 N–H and O–H groups in total. The molecule has 0 aromatic carbocycles. The van der Waals surface area contributed by atoms with E-state index < -0.39 is 32.5 Å². The van der Waals surface area contributed by atoms with Gasteiger partial charge in [0.2, 0.25) is 0 Å². The average molecular weight is 598 g/mol. The lowest BCUT2D eigenvalue weighted by Gasteiger charge is -2.50. The van der Waals surface area contributed by atoms with Crippen LogP contribution in [0.5, 0.6) is 0 Å². The van der Waals surface area contributed by atoms with Gasteiger partial charge in [-0.25, -0.2) is 4.79 Å². The Balaban J connectivity index is 7.06. The van der Waals surface area contributed by atoms with Crippen molar-refractivity contribution < 1.29 is 56.3 Å². The summed E-state index contributed by atoms with van der Waals surface area (Å²) in [6, 6.07) is 0.354. The third-order valence-corrected chi connectivity index (χ3v) is 8.56. The van der Waals surface area contributed by atoms with E-state index in [1.807, 2.05) is 13.8 Å². The highest BCUT2D eigenvalue weighted by Crippen LogP contribution is 2.42. The summed E-state index contributed by atoms with van der Waals surface area (Å²) in [5.41, 5.74) is 4.07. The second-order valence-electron chi connectivity index (χ2n) is 8.41. The third-order valence-electron chi connectivity index (χ3n) is 5.46. The van der Waals surface area contributed by atoms with Crippen molar-refractivity contribution in [2.45, 2.75) is 50.4 Å². The topological polar surface area (TPSA) is 156 Å². The number of carbonyl (C=O) groups excluding carboxylic acids is 1. The van der Waals surface area contributed by atoms with Crippen molar-refractivity contribution in [3.8, 4) is 0 Å². The Kier molecular flexibility index (Phi) is 21.6. The van der Waals surface area contributed by atoms with Gasteiger partial charge in [-0.1, -0.05) is 19.2 Å². The summed E-state index contributed by atoms with van der Waals surface area (Å²) >= 11 is 0. The van der Waals surface area contributed by atoms with Crippen LogP contribution in [0.3, 0.4) is 0 Å². The molecule has 13 nitrogen and oxygen atoms in total. The molecule has 0 saturated carbocycles. The minimum atomic E-state index is -3.56. The predicted octanol–water partition coefficient (Wildman–Crippen LogP) is 1.41. The Morgan fingerprint density at radius 3 is 1.80 bits per heavy atom. The smallest absolute Gasteiger partial charge is 0.460 e. The average Bonchev–Trinajstić information content (AvgIpc) is 2.94. The molecule has 2 atom stereocenters. The van der Waals surface area contributed by atoms with Crippen molar-refractivity contribution in [3.05, 3.63) is 25.3 Å². The molecule has 0 amide bonds. The van der Waals surface area contributed by atoms with E-state index in [2.05, 4.69) is 13.2 Å². The molecule has 0 aromatic heterocycles. The number of aliphatic hydroxyl groups is 1. The number of aliphatic hydroxyl groups excluding tert-OH is 1. The molecule has 0 spiro atoms. The Morgan fingerprint density at radius 1 is 0.925 bits per heavy atom. The molecule has 40 heavy (non-hydrogen) atoms. The third kappa shape index (κ3) is 13.1. The van der Waals surface area contributed by atoms with Crippen LogP contribution >= 0.6 is 0 Å². The summed E-state index contributed by atoms with van der Waals surface area (Å²) in [5.74, 6) is -2.72. The van der Waals surface area contributed by atoms with E-state index in [1.54, 1.807) is 0 Å². The lowest BCUT2D eigenvalue weighted by Crippen LogP contribution is -2.67. The van der Waals surface area contributed by atoms with Gasteiger partial charge in [0, 0.05) is 53.1 Å². The van der Waals surface area contributed by atoms with Gasteiger partial charge in [-0.15, -0.1) is 0 Å². The van der Waals surface area contributed by atoms with Gasteiger partial charge < -0.3 is 57.3 Å². The van der Waals surface area contributed by atoms with Gasteiger partial charge in [0.1, 0.15) is 6.61 Å². The first-order chi connectivity index (χ1) is 19.2. The van der Waals surface area contributed by atoms with Gasteiger partial charge in [-0.05, 0) is 26.8 Å². The van der Waals surface area contributed by atoms with Crippen LogP contribution in [0.15, 0.2) is 25.3 Å². The monoisotopic (exact) mass is 597 g/mol. The highest BCUT2D eigenvalue weighted by molar-refractivity contribution is 6.60. The van der Waals surface area contributed by atoms with Gasteiger partial charge in [0.25, 0.3) is 0 Å². The number of carbonyl (C=O) groups is 1. The molecular formula is C26H51NO12Si. The maximum absolute atomic E-state index is 11.7. The molecule has 0 aliphatic carbocycles. The molecule has 0 radical (unpaired) electrons. The van der Waals surface area contributed by atoms with E-state index in [0.717, 1.165) is 6.08 Å². The quantitative estimate of drug-likeness (QED) is 0.0334. The van der Waals surface area contributed by atoms with Gasteiger partial charge in [0.15, 0.2) is 5.60 Å². The Hall–Kier alpha value is -1.27. The fourth-order valence-corrected chi connectivity index (χ4v) is 6.68. The molecule has 14 heteroatoms. The molecule has 0 fully saturated rings. The molecule has 0 heterocycles. The molecule has 0 aliphatic rings. The zero-order valence-corrected chi connectivity index (χ0v) is 25.9. The van der Waals surface area contributed by atoms with E-state index in [9.17, 15) is 9.90 Å². The van der Waals surface area contributed by atoms with Crippen molar-refractivity contribution in [2.24, 2.45) is 5.73 Å². The molecule has 2 unspecified atom stereocenters. The Morgan fingerprint density at radius 2 is 1.43 bits per heavy atom. The Labute approximate surface area is 240 Å². The van der Waals surface area contributed by atoms with Crippen LogP contribution in [0.2, 0.25) is 6.04 Å². The number of rotatable bonds is 28. The minimum absolute atomic E-state index is 0.0115. The predicted molar refractivity (Wildman–Crippen MR) is 149 cm³/mol. The first kappa shape index (κ1) is 38.7. The fraction of sp³-hybridized carbons (Fsp3) is 0.808. The number of hydrogen-bond acceptors (Lipinski definition) is 13. The van der Waals surface area contributed by atoms with Crippen molar-refractivity contribution in [2.75, 3.05) is 87.3 Å². The first-order valence-electron chi connectivity index (χ1n) is 13.4. The zero-order chi connectivity index (χ0) is 30.3. The summed E-state index contributed by atoms with van der Waals surface area (Å²) in [6.45, 7) is 12.2.